The lowest BCUT2D eigenvalue weighted by atomic mass is 10.2. The number of benzene rings is 2. The van der Waals surface area contributed by atoms with Crippen molar-refractivity contribution in [2.75, 3.05) is 6.61 Å². The molecule has 0 aliphatic heterocycles. The maximum Gasteiger partial charge on any atom is 0.339 e. The van der Waals surface area contributed by atoms with Crippen LogP contribution in [0.2, 0.25) is 0 Å². The molecule has 4 nitrogen and oxygen atoms in total. The van der Waals surface area contributed by atoms with Gasteiger partial charge in [0.25, 0.3) is 0 Å². The Kier molecular flexibility index (Phi) is 6.47. The molecule has 2 rings (SSSR count). The van der Waals surface area contributed by atoms with Gasteiger partial charge in [-0.05, 0) is 65.4 Å². The molecule has 0 heterocycles. The van der Waals surface area contributed by atoms with Crippen LogP contribution in [-0.2, 0) is 16.0 Å². The summed E-state index contributed by atoms with van der Waals surface area (Å²) in [6, 6.07) is 12.9. The molecular formula is C17H15IO4S. The molecule has 0 saturated heterocycles. The molecule has 0 aliphatic rings. The summed E-state index contributed by atoms with van der Waals surface area (Å²) in [5, 5.41) is 8.79. The Bertz CT molecular complexity index is 713. The van der Waals surface area contributed by atoms with Gasteiger partial charge in [-0.1, -0.05) is 23.9 Å². The molecule has 0 atom stereocenters. The Morgan fingerprint density at radius 3 is 2.48 bits per heavy atom. The third kappa shape index (κ3) is 5.24. The zero-order chi connectivity index (χ0) is 16.8. The van der Waals surface area contributed by atoms with Crippen molar-refractivity contribution < 1.29 is 19.4 Å². The van der Waals surface area contributed by atoms with Gasteiger partial charge in [-0.3, -0.25) is 4.79 Å². The quantitative estimate of drug-likeness (QED) is 0.536. The summed E-state index contributed by atoms with van der Waals surface area (Å²) in [7, 11) is 0. The number of hydrogen-bond acceptors (Lipinski definition) is 4. The van der Waals surface area contributed by atoms with Crippen molar-refractivity contribution in [1.82, 2.24) is 0 Å². The fourth-order valence-electron chi connectivity index (χ4n) is 1.94. The molecule has 23 heavy (non-hydrogen) atoms. The van der Waals surface area contributed by atoms with Crippen LogP contribution in [0.25, 0.3) is 0 Å². The first kappa shape index (κ1) is 17.8. The zero-order valence-electron chi connectivity index (χ0n) is 12.4. The van der Waals surface area contributed by atoms with E-state index in [2.05, 4.69) is 22.6 Å². The smallest absolute Gasteiger partial charge is 0.339 e. The highest BCUT2D eigenvalue weighted by molar-refractivity contribution is 14.1. The Balaban J connectivity index is 2.22. The predicted molar refractivity (Wildman–Crippen MR) is 97.0 cm³/mol. The van der Waals surface area contributed by atoms with E-state index in [1.165, 1.54) is 11.8 Å². The second kappa shape index (κ2) is 8.35. The molecule has 0 aliphatic carbocycles. The second-order valence-electron chi connectivity index (χ2n) is 4.68. The third-order valence-electron chi connectivity index (χ3n) is 2.94. The Labute approximate surface area is 152 Å². The van der Waals surface area contributed by atoms with Crippen LogP contribution in [0.1, 0.15) is 22.8 Å². The molecule has 0 amide bonds. The lowest BCUT2D eigenvalue weighted by Crippen LogP contribution is -2.06. The van der Waals surface area contributed by atoms with Crippen LogP contribution < -0.4 is 0 Å². The number of carboxylic acid groups (broad SMARTS) is 1. The van der Waals surface area contributed by atoms with Crippen LogP contribution in [0.4, 0.5) is 0 Å². The normalized spacial score (nSPS) is 10.3. The highest BCUT2D eigenvalue weighted by atomic mass is 127. The molecule has 0 radical (unpaired) electrons. The average Bonchev–Trinajstić information content (AvgIpc) is 2.50. The van der Waals surface area contributed by atoms with Gasteiger partial charge in [0.1, 0.15) is 0 Å². The minimum absolute atomic E-state index is 0.00253. The number of esters is 1. The van der Waals surface area contributed by atoms with Crippen molar-refractivity contribution in [3.63, 3.8) is 0 Å². The lowest BCUT2D eigenvalue weighted by molar-refractivity contribution is -0.136. The van der Waals surface area contributed by atoms with Gasteiger partial charge in [-0.25, -0.2) is 4.79 Å². The van der Waals surface area contributed by atoms with E-state index in [-0.39, 0.29) is 12.4 Å². The van der Waals surface area contributed by atoms with Crippen molar-refractivity contribution >= 4 is 46.3 Å². The van der Waals surface area contributed by atoms with Crippen molar-refractivity contribution in [2.24, 2.45) is 0 Å². The molecule has 0 saturated carbocycles. The molecular weight excluding hydrogens is 427 g/mol. The predicted octanol–water partition coefficient (Wildman–Crippen LogP) is 4.25. The van der Waals surface area contributed by atoms with Crippen LogP contribution in [-0.4, -0.2) is 23.7 Å². The topological polar surface area (TPSA) is 63.6 Å². The number of carbonyl (C=O) groups is 2. The van der Waals surface area contributed by atoms with Crippen LogP contribution in [0.3, 0.4) is 0 Å². The summed E-state index contributed by atoms with van der Waals surface area (Å²) < 4.78 is 6.07. The summed E-state index contributed by atoms with van der Waals surface area (Å²) in [5.41, 5.74) is 1.29. The maximum absolute atomic E-state index is 12.1. The fraction of sp³-hybridized carbons (Fsp3) is 0.176. The Hall–Kier alpha value is -1.54. The number of carbonyl (C=O) groups excluding carboxylic acids is 1. The van der Waals surface area contributed by atoms with Gasteiger partial charge in [-0.2, -0.15) is 0 Å². The van der Waals surface area contributed by atoms with Crippen LogP contribution in [0.5, 0.6) is 0 Å². The summed E-state index contributed by atoms with van der Waals surface area (Å²) in [6.45, 7) is 2.11. The van der Waals surface area contributed by atoms with Gasteiger partial charge in [-0.15, -0.1) is 0 Å². The number of halogens is 1. The summed E-state index contributed by atoms with van der Waals surface area (Å²) in [6.07, 6.45) is 0.00253. The van der Waals surface area contributed by atoms with Crippen molar-refractivity contribution in [3.05, 3.63) is 57.2 Å². The molecule has 2 aromatic carbocycles. The molecule has 6 heteroatoms. The molecule has 0 bridgehead atoms. The Morgan fingerprint density at radius 2 is 1.87 bits per heavy atom. The first-order valence-corrected chi connectivity index (χ1v) is 8.84. The van der Waals surface area contributed by atoms with E-state index >= 15 is 0 Å². The minimum Gasteiger partial charge on any atom is -0.481 e. The lowest BCUT2D eigenvalue weighted by Gasteiger charge is -2.09. The molecule has 120 valence electrons. The van der Waals surface area contributed by atoms with Gasteiger partial charge in [0.05, 0.1) is 18.6 Å². The van der Waals surface area contributed by atoms with E-state index in [4.69, 9.17) is 9.84 Å². The molecule has 2 aromatic rings. The molecule has 0 fully saturated rings. The average molecular weight is 442 g/mol. The van der Waals surface area contributed by atoms with Crippen molar-refractivity contribution in [2.45, 2.75) is 23.1 Å². The monoisotopic (exact) mass is 442 g/mol. The first-order chi connectivity index (χ1) is 11.0. The van der Waals surface area contributed by atoms with Gasteiger partial charge in [0.2, 0.25) is 0 Å². The van der Waals surface area contributed by atoms with Crippen LogP contribution in [0.15, 0.2) is 52.3 Å². The van der Waals surface area contributed by atoms with Crippen LogP contribution in [0, 0.1) is 3.57 Å². The number of carboxylic acids is 1. The van der Waals surface area contributed by atoms with Gasteiger partial charge in [0, 0.05) is 13.4 Å². The summed E-state index contributed by atoms with van der Waals surface area (Å²) in [5.74, 6) is -1.19. The van der Waals surface area contributed by atoms with E-state index in [0.717, 1.165) is 18.9 Å². The fourth-order valence-corrected chi connectivity index (χ4v) is 3.34. The molecule has 0 aromatic heterocycles. The SMILES string of the molecule is CCOC(=O)c1cc(I)ccc1Sc1ccc(CC(=O)O)cc1. The number of hydrogen-bond donors (Lipinski definition) is 1. The maximum atomic E-state index is 12.1. The molecule has 0 unspecified atom stereocenters. The zero-order valence-corrected chi connectivity index (χ0v) is 15.4. The van der Waals surface area contributed by atoms with Crippen molar-refractivity contribution in [3.8, 4) is 0 Å². The van der Waals surface area contributed by atoms with E-state index < -0.39 is 5.97 Å². The van der Waals surface area contributed by atoms with E-state index in [1.807, 2.05) is 24.3 Å². The largest absolute Gasteiger partial charge is 0.481 e. The van der Waals surface area contributed by atoms with Crippen LogP contribution >= 0.6 is 34.4 Å². The third-order valence-corrected chi connectivity index (χ3v) is 4.70. The number of ether oxygens (including phenoxy) is 1. The molecule has 0 spiro atoms. The standard InChI is InChI=1S/C17H15IO4S/c1-2-22-17(21)14-10-12(18)5-8-15(14)23-13-6-3-11(4-7-13)9-16(19)20/h3-8,10H,2,9H2,1H3,(H,19,20). The van der Waals surface area contributed by atoms with E-state index in [1.54, 1.807) is 25.1 Å². The summed E-state index contributed by atoms with van der Waals surface area (Å²) >= 11 is 3.61. The van der Waals surface area contributed by atoms with Crippen molar-refractivity contribution in [1.29, 1.82) is 0 Å². The van der Waals surface area contributed by atoms with Gasteiger partial charge >= 0.3 is 11.9 Å². The Morgan fingerprint density at radius 1 is 1.17 bits per heavy atom. The van der Waals surface area contributed by atoms with E-state index in [9.17, 15) is 9.59 Å². The van der Waals surface area contributed by atoms with E-state index in [0.29, 0.717) is 12.2 Å². The summed E-state index contributed by atoms with van der Waals surface area (Å²) in [4.78, 5) is 24.5. The first-order valence-electron chi connectivity index (χ1n) is 6.95. The highest BCUT2D eigenvalue weighted by Gasteiger charge is 2.14. The number of aliphatic carboxylic acids is 1. The highest BCUT2D eigenvalue weighted by Crippen LogP contribution is 2.32. The molecule has 1 N–H and O–H groups in total. The second-order valence-corrected chi connectivity index (χ2v) is 7.04. The van der Waals surface area contributed by atoms with Gasteiger partial charge in [0.15, 0.2) is 0 Å². The minimum atomic E-state index is -0.854. The number of rotatable bonds is 6. The van der Waals surface area contributed by atoms with Gasteiger partial charge < -0.3 is 9.84 Å².